The van der Waals surface area contributed by atoms with E-state index in [-0.39, 0.29) is 30.7 Å². The summed E-state index contributed by atoms with van der Waals surface area (Å²) in [6, 6.07) is 4.10. The van der Waals surface area contributed by atoms with Gasteiger partial charge in [-0.05, 0) is 34.5 Å². The zero-order chi connectivity index (χ0) is 13.3. The van der Waals surface area contributed by atoms with Crippen molar-refractivity contribution in [2.45, 2.75) is 19.5 Å². The molecule has 1 atom stereocenters. The van der Waals surface area contributed by atoms with Gasteiger partial charge in [-0.15, -0.1) is 0 Å². The first-order valence-electron chi connectivity index (χ1n) is 5.50. The predicted octanol–water partition coefficient (Wildman–Crippen LogP) is 1.44. The molecule has 1 aromatic rings. The molecule has 1 heterocycles. The van der Waals surface area contributed by atoms with Crippen LogP contribution in [0.4, 0.5) is 4.39 Å². The van der Waals surface area contributed by atoms with Crippen molar-refractivity contribution < 1.29 is 14.0 Å². The standard InChI is InChI=1S/C12H12BrFN2O2/c1-7-12(18)16(6-10(17)15-7)5-8-3-2-4-9(14)11(8)13/h2-4,7H,5-6H2,1H3,(H,15,17). The number of carbonyl (C=O) groups is 2. The number of amides is 2. The van der Waals surface area contributed by atoms with Crippen LogP contribution < -0.4 is 5.32 Å². The summed E-state index contributed by atoms with van der Waals surface area (Å²) in [6.07, 6.45) is 0. The second-order valence-electron chi connectivity index (χ2n) is 4.20. The Balaban J connectivity index is 2.20. The molecule has 1 aromatic carbocycles. The molecule has 96 valence electrons. The van der Waals surface area contributed by atoms with Gasteiger partial charge in [-0.25, -0.2) is 4.39 Å². The molecular formula is C12H12BrFN2O2. The largest absolute Gasteiger partial charge is 0.343 e. The van der Waals surface area contributed by atoms with Crippen molar-refractivity contribution in [3.8, 4) is 0 Å². The van der Waals surface area contributed by atoms with Gasteiger partial charge in [-0.1, -0.05) is 12.1 Å². The van der Waals surface area contributed by atoms with Crippen molar-refractivity contribution in [2.75, 3.05) is 6.54 Å². The van der Waals surface area contributed by atoms with E-state index in [1.54, 1.807) is 19.1 Å². The lowest BCUT2D eigenvalue weighted by Gasteiger charge is -2.31. The van der Waals surface area contributed by atoms with Crippen molar-refractivity contribution in [1.29, 1.82) is 0 Å². The molecule has 1 saturated heterocycles. The SMILES string of the molecule is CC1NC(=O)CN(Cc2cccc(F)c2Br)C1=O. The molecule has 2 rings (SSSR count). The number of carbonyl (C=O) groups excluding carboxylic acids is 2. The number of hydrogen-bond acceptors (Lipinski definition) is 2. The summed E-state index contributed by atoms with van der Waals surface area (Å²) in [5.41, 5.74) is 0.644. The Hall–Kier alpha value is -1.43. The Morgan fingerprint density at radius 3 is 2.94 bits per heavy atom. The van der Waals surface area contributed by atoms with E-state index in [9.17, 15) is 14.0 Å². The quantitative estimate of drug-likeness (QED) is 0.898. The van der Waals surface area contributed by atoms with Crippen LogP contribution in [0.25, 0.3) is 0 Å². The first kappa shape index (κ1) is 13.0. The van der Waals surface area contributed by atoms with Gasteiger partial charge in [-0.2, -0.15) is 0 Å². The molecule has 1 fully saturated rings. The molecule has 0 spiro atoms. The predicted molar refractivity (Wildman–Crippen MR) is 67.1 cm³/mol. The second-order valence-corrected chi connectivity index (χ2v) is 4.99. The summed E-state index contributed by atoms with van der Waals surface area (Å²) in [4.78, 5) is 24.7. The number of benzene rings is 1. The highest BCUT2D eigenvalue weighted by molar-refractivity contribution is 9.10. The van der Waals surface area contributed by atoms with Crippen LogP contribution >= 0.6 is 15.9 Å². The fourth-order valence-corrected chi connectivity index (χ4v) is 2.27. The average Bonchev–Trinajstić information content (AvgIpc) is 2.31. The van der Waals surface area contributed by atoms with Crippen molar-refractivity contribution >= 4 is 27.7 Å². The topological polar surface area (TPSA) is 49.4 Å². The maximum absolute atomic E-state index is 13.4. The van der Waals surface area contributed by atoms with E-state index >= 15 is 0 Å². The summed E-state index contributed by atoms with van der Waals surface area (Å²) in [5.74, 6) is -0.741. The van der Waals surface area contributed by atoms with Gasteiger partial charge in [0.2, 0.25) is 11.8 Å². The lowest BCUT2D eigenvalue weighted by atomic mass is 10.1. The molecule has 2 amide bonds. The van der Waals surface area contributed by atoms with Crippen LogP contribution in [-0.4, -0.2) is 29.3 Å². The minimum atomic E-state index is -0.529. The molecular weight excluding hydrogens is 303 g/mol. The molecule has 1 N–H and O–H groups in total. The summed E-state index contributed by atoms with van der Waals surface area (Å²) in [6.45, 7) is 1.86. The zero-order valence-electron chi connectivity index (χ0n) is 9.74. The molecule has 0 aromatic heterocycles. The van der Waals surface area contributed by atoms with Gasteiger partial charge >= 0.3 is 0 Å². The lowest BCUT2D eigenvalue weighted by molar-refractivity contribution is -0.144. The lowest BCUT2D eigenvalue weighted by Crippen LogP contribution is -2.56. The van der Waals surface area contributed by atoms with Gasteiger partial charge in [0.15, 0.2) is 0 Å². The molecule has 18 heavy (non-hydrogen) atoms. The van der Waals surface area contributed by atoms with E-state index in [0.717, 1.165) is 0 Å². The van der Waals surface area contributed by atoms with E-state index in [1.165, 1.54) is 11.0 Å². The monoisotopic (exact) mass is 314 g/mol. The molecule has 1 aliphatic heterocycles. The maximum Gasteiger partial charge on any atom is 0.245 e. The molecule has 1 unspecified atom stereocenters. The van der Waals surface area contributed by atoms with E-state index in [1.807, 2.05) is 0 Å². The second kappa shape index (κ2) is 5.06. The van der Waals surface area contributed by atoms with Crippen LogP contribution in [0.5, 0.6) is 0 Å². The van der Waals surface area contributed by atoms with Crippen molar-refractivity contribution in [1.82, 2.24) is 10.2 Å². The molecule has 4 nitrogen and oxygen atoms in total. The normalized spacial score (nSPS) is 19.9. The number of hydrogen-bond donors (Lipinski definition) is 1. The third-order valence-electron chi connectivity index (χ3n) is 2.79. The minimum Gasteiger partial charge on any atom is -0.343 e. The van der Waals surface area contributed by atoms with Crippen molar-refractivity contribution in [2.24, 2.45) is 0 Å². The maximum atomic E-state index is 13.4. The first-order valence-corrected chi connectivity index (χ1v) is 6.29. The number of halogens is 2. The van der Waals surface area contributed by atoms with E-state index in [2.05, 4.69) is 21.2 Å². The summed E-state index contributed by atoms with van der Waals surface area (Å²) in [5, 5.41) is 2.55. The van der Waals surface area contributed by atoms with Crippen molar-refractivity contribution in [3.05, 3.63) is 34.1 Å². The number of rotatable bonds is 2. The van der Waals surface area contributed by atoms with E-state index in [0.29, 0.717) is 10.0 Å². The van der Waals surface area contributed by atoms with Crippen LogP contribution in [-0.2, 0) is 16.1 Å². The molecule has 0 aliphatic carbocycles. The summed E-state index contributed by atoms with van der Waals surface area (Å²) in [7, 11) is 0. The molecule has 0 bridgehead atoms. The fourth-order valence-electron chi connectivity index (χ4n) is 1.88. The Bertz CT molecular complexity index is 507. The Kier molecular flexibility index (Phi) is 3.65. The first-order chi connectivity index (χ1) is 8.49. The Morgan fingerprint density at radius 2 is 2.22 bits per heavy atom. The van der Waals surface area contributed by atoms with Crippen LogP contribution in [0, 0.1) is 5.82 Å². The highest BCUT2D eigenvalue weighted by atomic mass is 79.9. The average molecular weight is 315 g/mol. The molecule has 0 radical (unpaired) electrons. The van der Waals surface area contributed by atoms with E-state index in [4.69, 9.17) is 0 Å². The molecule has 6 heteroatoms. The minimum absolute atomic E-state index is 0.00608. The smallest absolute Gasteiger partial charge is 0.245 e. The molecule has 0 saturated carbocycles. The van der Waals surface area contributed by atoms with Crippen LogP contribution in [0.2, 0.25) is 0 Å². The van der Waals surface area contributed by atoms with E-state index < -0.39 is 6.04 Å². The fraction of sp³-hybridized carbons (Fsp3) is 0.333. The van der Waals surface area contributed by atoms with Gasteiger partial charge in [0.25, 0.3) is 0 Å². The van der Waals surface area contributed by atoms with Gasteiger partial charge in [0.1, 0.15) is 11.9 Å². The number of piperazine rings is 1. The number of nitrogens with one attached hydrogen (secondary N) is 1. The van der Waals surface area contributed by atoms with Crippen LogP contribution in [0.3, 0.4) is 0 Å². The number of nitrogens with zero attached hydrogens (tertiary/aromatic N) is 1. The summed E-state index contributed by atoms with van der Waals surface area (Å²) < 4.78 is 13.7. The van der Waals surface area contributed by atoms with Crippen molar-refractivity contribution in [3.63, 3.8) is 0 Å². The van der Waals surface area contributed by atoms with Crippen LogP contribution in [0.1, 0.15) is 12.5 Å². The third-order valence-corrected chi connectivity index (χ3v) is 3.67. The highest BCUT2D eigenvalue weighted by Gasteiger charge is 2.29. The highest BCUT2D eigenvalue weighted by Crippen LogP contribution is 2.22. The van der Waals surface area contributed by atoms with Crippen LogP contribution in [0.15, 0.2) is 22.7 Å². The Morgan fingerprint density at radius 1 is 1.50 bits per heavy atom. The van der Waals surface area contributed by atoms with Gasteiger partial charge in [-0.3, -0.25) is 9.59 Å². The summed E-state index contributed by atoms with van der Waals surface area (Å²) >= 11 is 3.14. The van der Waals surface area contributed by atoms with Gasteiger partial charge in [0.05, 0.1) is 11.0 Å². The molecule has 1 aliphatic rings. The zero-order valence-corrected chi connectivity index (χ0v) is 11.3. The Labute approximate surface area is 112 Å². The van der Waals surface area contributed by atoms with Gasteiger partial charge in [0, 0.05) is 6.54 Å². The van der Waals surface area contributed by atoms with Gasteiger partial charge < -0.3 is 10.2 Å². The third kappa shape index (κ3) is 2.53.